The van der Waals surface area contributed by atoms with Crippen molar-refractivity contribution in [3.05, 3.63) is 45.8 Å². The summed E-state index contributed by atoms with van der Waals surface area (Å²) in [5, 5.41) is 7.52. The van der Waals surface area contributed by atoms with Gasteiger partial charge in [0.1, 0.15) is 0 Å². The molecule has 0 aliphatic carbocycles. The number of rotatable bonds is 5. The predicted octanol–water partition coefficient (Wildman–Crippen LogP) is 4.33. The van der Waals surface area contributed by atoms with Crippen molar-refractivity contribution in [2.45, 2.75) is 26.6 Å². The lowest BCUT2D eigenvalue weighted by Crippen LogP contribution is -2.11. The molecule has 0 fully saturated rings. The van der Waals surface area contributed by atoms with Crippen LogP contribution in [-0.2, 0) is 12.7 Å². The van der Waals surface area contributed by atoms with Crippen molar-refractivity contribution in [1.82, 2.24) is 19.7 Å². The van der Waals surface area contributed by atoms with Gasteiger partial charge in [0, 0.05) is 17.8 Å². The summed E-state index contributed by atoms with van der Waals surface area (Å²) in [5.41, 5.74) is 2.50. The van der Waals surface area contributed by atoms with E-state index in [-0.39, 0.29) is 11.6 Å². The van der Waals surface area contributed by atoms with Crippen LogP contribution in [0.2, 0.25) is 0 Å². The molecular formula is C16H14F4N6S. The molecule has 3 heterocycles. The van der Waals surface area contributed by atoms with Crippen LogP contribution in [0.3, 0.4) is 0 Å². The molecule has 0 saturated heterocycles. The molecule has 0 aliphatic heterocycles. The van der Waals surface area contributed by atoms with Crippen LogP contribution in [0.25, 0.3) is 11.3 Å². The van der Waals surface area contributed by atoms with Gasteiger partial charge in [-0.2, -0.15) is 27.8 Å². The van der Waals surface area contributed by atoms with Gasteiger partial charge in [0.25, 0.3) is 0 Å². The van der Waals surface area contributed by atoms with Crippen molar-refractivity contribution >= 4 is 23.5 Å². The fourth-order valence-electron chi connectivity index (χ4n) is 2.35. The quantitative estimate of drug-likeness (QED) is 0.395. The van der Waals surface area contributed by atoms with E-state index in [4.69, 9.17) is 0 Å². The Kier molecular flexibility index (Phi) is 5.22. The maximum atomic E-state index is 13.2. The lowest BCUT2D eigenvalue weighted by Gasteiger charge is -2.10. The summed E-state index contributed by atoms with van der Waals surface area (Å²) in [7, 11) is 0. The smallest absolute Gasteiger partial charge is 0.269 e. The highest BCUT2D eigenvalue weighted by atomic mass is 32.1. The van der Waals surface area contributed by atoms with Gasteiger partial charge in [0.05, 0.1) is 23.0 Å². The molecule has 0 atom stereocenters. The number of alkyl halides is 3. The van der Waals surface area contributed by atoms with Crippen LogP contribution >= 0.6 is 11.3 Å². The summed E-state index contributed by atoms with van der Waals surface area (Å²) in [4.78, 5) is 8.06. The van der Waals surface area contributed by atoms with Crippen LogP contribution in [0, 0.1) is 12.1 Å². The first-order valence-electron chi connectivity index (χ1n) is 7.81. The summed E-state index contributed by atoms with van der Waals surface area (Å²) in [5.74, 6) is -0.322. The minimum Gasteiger partial charge on any atom is -0.269 e. The topological polar surface area (TPSA) is 68.0 Å². The summed E-state index contributed by atoms with van der Waals surface area (Å²) in [6, 6.07) is 3.62. The maximum Gasteiger partial charge on any atom is 0.433 e. The Balaban J connectivity index is 1.95. The molecule has 1 N–H and O–H groups in total. The minimum atomic E-state index is -4.65. The van der Waals surface area contributed by atoms with E-state index in [1.165, 1.54) is 24.5 Å². The number of anilines is 1. The van der Waals surface area contributed by atoms with Gasteiger partial charge in [-0.05, 0) is 32.0 Å². The third kappa shape index (κ3) is 4.30. The number of hydrogen-bond donors (Lipinski definition) is 1. The van der Waals surface area contributed by atoms with Gasteiger partial charge in [0.15, 0.2) is 10.8 Å². The molecule has 0 amide bonds. The number of thiophene rings is 1. The molecule has 3 rings (SSSR count). The summed E-state index contributed by atoms with van der Waals surface area (Å²) < 4.78 is 54.2. The molecule has 6 nitrogen and oxygen atoms in total. The Morgan fingerprint density at radius 2 is 2.07 bits per heavy atom. The van der Waals surface area contributed by atoms with Crippen molar-refractivity contribution < 1.29 is 17.6 Å². The van der Waals surface area contributed by atoms with Crippen LogP contribution in [-0.4, -0.2) is 26.0 Å². The highest BCUT2D eigenvalue weighted by molar-refractivity contribution is 7.12. The van der Waals surface area contributed by atoms with E-state index in [1.807, 2.05) is 6.92 Å². The third-order valence-corrected chi connectivity index (χ3v) is 4.45. The third-order valence-electron chi connectivity index (χ3n) is 3.65. The molecule has 142 valence electrons. The Morgan fingerprint density at radius 1 is 1.30 bits per heavy atom. The highest BCUT2D eigenvalue weighted by Crippen LogP contribution is 2.32. The van der Waals surface area contributed by atoms with Gasteiger partial charge in [-0.3, -0.25) is 4.68 Å². The Morgan fingerprint density at radius 3 is 2.67 bits per heavy atom. The fraction of sp³-hybridized carbons (Fsp3) is 0.250. The SMILES string of the molecule is CCn1ncc(-c2cc(C(F)(F)F)nc(NN=Cc3ccc(F)s3)n2)c1C. The van der Waals surface area contributed by atoms with Crippen molar-refractivity contribution in [3.63, 3.8) is 0 Å². The summed E-state index contributed by atoms with van der Waals surface area (Å²) >= 11 is 0.850. The van der Waals surface area contributed by atoms with Crippen molar-refractivity contribution in [2.24, 2.45) is 5.10 Å². The van der Waals surface area contributed by atoms with Gasteiger partial charge in [-0.15, -0.1) is 11.3 Å². The summed E-state index contributed by atoms with van der Waals surface area (Å²) in [6.45, 7) is 4.20. The van der Waals surface area contributed by atoms with Crippen LogP contribution in [0.15, 0.2) is 29.5 Å². The number of nitrogens with one attached hydrogen (secondary N) is 1. The lowest BCUT2D eigenvalue weighted by molar-refractivity contribution is -0.141. The largest absolute Gasteiger partial charge is 0.433 e. The lowest BCUT2D eigenvalue weighted by atomic mass is 10.1. The van der Waals surface area contributed by atoms with Crippen LogP contribution in [0.4, 0.5) is 23.5 Å². The molecule has 0 aliphatic rings. The molecule has 0 spiro atoms. The molecule has 3 aromatic rings. The number of nitrogens with zero attached hydrogens (tertiary/aromatic N) is 5. The zero-order valence-electron chi connectivity index (χ0n) is 14.3. The molecule has 11 heteroatoms. The first kappa shape index (κ1) is 19.0. The number of aromatic nitrogens is 4. The standard InChI is InChI=1S/C16H14F4N6S/c1-3-26-9(2)11(8-22-26)12-6-13(16(18,19)20)24-15(23-12)25-21-7-10-4-5-14(17)27-10/h4-8H,3H2,1-2H3,(H,23,24,25). The minimum absolute atomic E-state index is 0.0781. The van der Waals surface area contributed by atoms with E-state index in [2.05, 4.69) is 25.6 Å². The number of halogens is 4. The maximum absolute atomic E-state index is 13.2. The van der Waals surface area contributed by atoms with Crippen LogP contribution < -0.4 is 5.43 Å². The van der Waals surface area contributed by atoms with E-state index in [1.54, 1.807) is 11.6 Å². The second-order valence-corrected chi connectivity index (χ2v) is 6.50. The van der Waals surface area contributed by atoms with Crippen LogP contribution in [0.1, 0.15) is 23.2 Å². The second-order valence-electron chi connectivity index (χ2n) is 5.43. The molecular weight excluding hydrogens is 384 g/mol. The predicted molar refractivity (Wildman–Crippen MR) is 94.2 cm³/mol. The van der Waals surface area contributed by atoms with Gasteiger partial charge in [-0.25, -0.2) is 15.4 Å². The van der Waals surface area contributed by atoms with E-state index < -0.39 is 17.0 Å². The number of hydrazone groups is 1. The molecule has 0 bridgehead atoms. The second kappa shape index (κ2) is 7.43. The Hall–Kier alpha value is -2.82. The molecule has 0 saturated carbocycles. The van der Waals surface area contributed by atoms with E-state index >= 15 is 0 Å². The zero-order chi connectivity index (χ0) is 19.6. The molecule has 3 aromatic heterocycles. The monoisotopic (exact) mass is 398 g/mol. The molecule has 0 radical (unpaired) electrons. The van der Waals surface area contributed by atoms with Gasteiger partial charge < -0.3 is 0 Å². The molecule has 27 heavy (non-hydrogen) atoms. The average Bonchev–Trinajstić information content (AvgIpc) is 3.19. The fourth-order valence-corrected chi connectivity index (χ4v) is 2.95. The van der Waals surface area contributed by atoms with Gasteiger partial charge >= 0.3 is 6.18 Å². The highest BCUT2D eigenvalue weighted by Gasteiger charge is 2.34. The van der Waals surface area contributed by atoms with Crippen molar-refractivity contribution in [3.8, 4) is 11.3 Å². The van der Waals surface area contributed by atoms with Crippen LogP contribution in [0.5, 0.6) is 0 Å². The van der Waals surface area contributed by atoms with E-state index in [0.717, 1.165) is 17.4 Å². The van der Waals surface area contributed by atoms with Crippen molar-refractivity contribution in [1.29, 1.82) is 0 Å². The van der Waals surface area contributed by atoms with Crippen molar-refractivity contribution in [2.75, 3.05) is 5.43 Å². The molecule has 0 aromatic carbocycles. The Labute approximate surface area is 155 Å². The summed E-state index contributed by atoms with van der Waals surface area (Å²) in [6.07, 6.45) is -1.91. The van der Waals surface area contributed by atoms with E-state index in [9.17, 15) is 17.6 Å². The van der Waals surface area contributed by atoms with Gasteiger partial charge in [0.2, 0.25) is 5.95 Å². The number of aryl methyl sites for hydroxylation is 1. The first-order valence-corrected chi connectivity index (χ1v) is 8.63. The van der Waals surface area contributed by atoms with E-state index in [0.29, 0.717) is 22.7 Å². The number of hydrogen-bond acceptors (Lipinski definition) is 6. The molecule has 0 unspecified atom stereocenters. The average molecular weight is 398 g/mol. The normalized spacial score (nSPS) is 12.1. The first-order chi connectivity index (χ1) is 12.8. The zero-order valence-corrected chi connectivity index (χ0v) is 15.1. The van der Waals surface area contributed by atoms with Gasteiger partial charge in [-0.1, -0.05) is 0 Å². The Bertz CT molecular complexity index is 976.